The van der Waals surface area contributed by atoms with Gasteiger partial charge in [0.2, 0.25) is 0 Å². The van der Waals surface area contributed by atoms with Crippen LogP contribution in [-0.4, -0.2) is 28.8 Å². The van der Waals surface area contributed by atoms with Crippen LogP contribution in [0, 0.1) is 0 Å². The standard InChI is InChI=1S/C16H23N3S/c1-12-7-6-8-13(2)19(12)18-16-17-11-15(20-16)14-9-4-3-5-10-14/h3-5,9-10,12-13,15H,6-8,11H2,1-2H3,(H,17,18). The van der Waals surface area contributed by atoms with E-state index >= 15 is 0 Å². The van der Waals surface area contributed by atoms with Crippen molar-refractivity contribution >= 4 is 16.9 Å². The number of benzene rings is 1. The SMILES string of the molecule is CC1CCCC(C)N1NC1=NCC(c2ccccc2)S1. The van der Waals surface area contributed by atoms with Crippen molar-refractivity contribution in [2.75, 3.05) is 6.54 Å². The molecule has 0 aliphatic carbocycles. The van der Waals surface area contributed by atoms with Crippen LogP contribution < -0.4 is 5.43 Å². The number of nitrogens with one attached hydrogen (secondary N) is 1. The molecule has 1 N–H and O–H groups in total. The maximum absolute atomic E-state index is 4.68. The predicted molar refractivity (Wildman–Crippen MR) is 86.8 cm³/mol. The van der Waals surface area contributed by atoms with Crippen molar-refractivity contribution < 1.29 is 0 Å². The van der Waals surface area contributed by atoms with E-state index in [0.29, 0.717) is 17.3 Å². The molecule has 3 atom stereocenters. The summed E-state index contributed by atoms with van der Waals surface area (Å²) in [4.78, 5) is 4.68. The summed E-state index contributed by atoms with van der Waals surface area (Å²) in [5.41, 5.74) is 4.94. The molecular formula is C16H23N3S. The summed E-state index contributed by atoms with van der Waals surface area (Å²) in [7, 11) is 0. The molecule has 4 heteroatoms. The van der Waals surface area contributed by atoms with E-state index in [1.807, 2.05) is 11.8 Å². The molecule has 2 aliphatic heterocycles. The van der Waals surface area contributed by atoms with Gasteiger partial charge in [-0.2, -0.15) is 0 Å². The number of rotatable bonds is 2. The van der Waals surface area contributed by atoms with Crippen molar-refractivity contribution in [2.24, 2.45) is 4.99 Å². The van der Waals surface area contributed by atoms with Crippen LogP contribution in [-0.2, 0) is 0 Å². The van der Waals surface area contributed by atoms with Crippen molar-refractivity contribution in [3.63, 3.8) is 0 Å². The lowest BCUT2D eigenvalue weighted by atomic mass is 10.00. The molecule has 1 aromatic rings. The fourth-order valence-electron chi connectivity index (χ4n) is 3.03. The quantitative estimate of drug-likeness (QED) is 0.901. The second-order valence-electron chi connectivity index (χ2n) is 5.81. The number of thioether (sulfide) groups is 1. The maximum atomic E-state index is 4.68. The third-order valence-electron chi connectivity index (χ3n) is 4.24. The summed E-state index contributed by atoms with van der Waals surface area (Å²) in [6, 6.07) is 11.9. The number of hydrogen-bond acceptors (Lipinski definition) is 4. The van der Waals surface area contributed by atoms with Crippen LogP contribution in [0.25, 0.3) is 0 Å². The van der Waals surface area contributed by atoms with E-state index in [9.17, 15) is 0 Å². The normalized spacial score (nSPS) is 31.1. The van der Waals surface area contributed by atoms with Crippen molar-refractivity contribution in [3.8, 4) is 0 Å². The summed E-state index contributed by atoms with van der Waals surface area (Å²) >= 11 is 1.86. The second kappa shape index (κ2) is 6.19. The zero-order valence-electron chi connectivity index (χ0n) is 12.2. The number of hydrogen-bond donors (Lipinski definition) is 1. The van der Waals surface area contributed by atoms with Gasteiger partial charge in [-0.15, -0.1) is 0 Å². The third kappa shape index (κ3) is 3.01. The minimum absolute atomic E-state index is 0.467. The van der Waals surface area contributed by atoms with Gasteiger partial charge in [0.15, 0.2) is 5.17 Å². The fourth-order valence-corrected chi connectivity index (χ4v) is 4.05. The number of nitrogens with zero attached hydrogens (tertiary/aromatic N) is 2. The molecule has 1 fully saturated rings. The van der Waals surface area contributed by atoms with Gasteiger partial charge in [0.05, 0.1) is 11.8 Å². The zero-order valence-corrected chi connectivity index (χ0v) is 13.1. The smallest absolute Gasteiger partial charge is 0.171 e. The van der Waals surface area contributed by atoms with Crippen LogP contribution in [0.2, 0.25) is 0 Å². The van der Waals surface area contributed by atoms with Crippen LogP contribution in [0.3, 0.4) is 0 Å². The Morgan fingerprint density at radius 1 is 1.15 bits per heavy atom. The van der Waals surface area contributed by atoms with Crippen molar-refractivity contribution in [2.45, 2.75) is 50.4 Å². The van der Waals surface area contributed by atoms with Crippen LogP contribution in [0.1, 0.15) is 43.9 Å². The molecule has 3 nitrogen and oxygen atoms in total. The first-order valence-electron chi connectivity index (χ1n) is 7.55. The predicted octanol–water partition coefficient (Wildman–Crippen LogP) is 3.60. The molecule has 1 saturated heterocycles. The van der Waals surface area contributed by atoms with E-state index < -0.39 is 0 Å². The molecule has 108 valence electrons. The molecule has 0 bridgehead atoms. The molecule has 3 rings (SSSR count). The Morgan fingerprint density at radius 3 is 2.55 bits per heavy atom. The lowest BCUT2D eigenvalue weighted by molar-refractivity contribution is 0.0753. The Morgan fingerprint density at radius 2 is 1.85 bits per heavy atom. The minimum atomic E-state index is 0.467. The highest BCUT2D eigenvalue weighted by molar-refractivity contribution is 8.14. The molecule has 0 aromatic heterocycles. The molecule has 3 unspecified atom stereocenters. The van der Waals surface area contributed by atoms with Gasteiger partial charge in [0, 0.05) is 12.1 Å². The van der Waals surface area contributed by atoms with Gasteiger partial charge < -0.3 is 0 Å². The summed E-state index contributed by atoms with van der Waals surface area (Å²) in [5, 5.41) is 3.94. The van der Waals surface area contributed by atoms with Gasteiger partial charge in [-0.05, 0) is 32.3 Å². The zero-order chi connectivity index (χ0) is 13.9. The van der Waals surface area contributed by atoms with E-state index in [1.165, 1.54) is 24.8 Å². The molecule has 0 spiro atoms. The molecule has 1 aromatic carbocycles. The highest BCUT2D eigenvalue weighted by atomic mass is 32.2. The summed E-state index contributed by atoms with van der Waals surface area (Å²) < 4.78 is 0. The Bertz CT molecular complexity index is 464. The highest BCUT2D eigenvalue weighted by Gasteiger charge is 2.28. The average molecular weight is 289 g/mol. The van der Waals surface area contributed by atoms with Crippen LogP contribution in [0.15, 0.2) is 35.3 Å². The second-order valence-corrected chi connectivity index (χ2v) is 7.00. The lowest BCUT2D eigenvalue weighted by Gasteiger charge is -2.39. The van der Waals surface area contributed by atoms with E-state index in [-0.39, 0.29) is 0 Å². The third-order valence-corrected chi connectivity index (χ3v) is 5.39. The Labute approximate surface area is 125 Å². The van der Waals surface area contributed by atoms with Crippen LogP contribution >= 0.6 is 11.8 Å². The monoisotopic (exact) mass is 289 g/mol. The van der Waals surface area contributed by atoms with Gasteiger partial charge in [-0.25, -0.2) is 5.01 Å². The molecule has 0 radical (unpaired) electrons. The van der Waals surface area contributed by atoms with E-state index in [2.05, 4.69) is 59.6 Å². The molecule has 2 aliphatic rings. The molecule has 0 amide bonds. The highest BCUT2D eigenvalue weighted by Crippen LogP contribution is 2.34. The first-order valence-corrected chi connectivity index (χ1v) is 8.43. The lowest BCUT2D eigenvalue weighted by Crippen LogP contribution is -2.53. The summed E-state index contributed by atoms with van der Waals surface area (Å²) in [6.07, 6.45) is 3.89. The molecular weight excluding hydrogens is 266 g/mol. The Hall–Kier alpha value is -1.00. The average Bonchev–Trinajstić information content (AvgIpc) is 2.93. The van der Waals surface area contributed by atoms with E-state index in [0.717, 1.165) is 11.7 Å². The summed E-state index contributed by atoms with van der Waals surface area (Å²) in [5.74, 6) is 0. The number of amidine groups is 1. The largest absolute Gasteiger partial charge is 0.297 e. The van der Waals surface area contributed by atoms with Crippen LogP contribution in [0.4, 0.5) is 0 Å². The molecule has 20 heavy (non-hydrogen) atoms. The van der Waals surface area contributed by atoms with Gasteiger partial charge >= 0.3 is 0 Å². The topological polar surface area (TPSA) is 27.6 Å². The van der Waals surface area contributed by atoms with Crippen molar-refractivity contribution in [1.82, 2.24) is 10.4 Å². The van der Waals surface area contributed by atoms with Crippen LogP contribution in [0.5, 0.6) is 0 Å². The number of aliphatic imine (C=N–C) groups is 1. The van der Waals surface area contributed by atoms with Gasteiger partial charge in [-0.3, -0.25) is 10.4 Å². The minimum Gasteiger partial charge on any atom is -0.297 e. The molecule has 2 heterocycles. The fraction of sp³-hybridized carbons (Fsp3) is 0.562. The van der Waals surface area contributed by atoms with Gasteiger partial charge in [0.1, 0.15) is 0 Å². The number of piperidine rings is 1. The van der Waals surface area contributed by atoms with Gasteiger partial charge in [-0.1, -0.05) is 48.5 Å². The van der Waals surface area contributed by atoms with Crippen molar-refractivity contribution in [3.05, 3.63) is 35.9 Å². The number of hydrazine groups is 1. The first-order chi connectivity index (χ1) is 9.74. The van der Waals surface area contributed by atoms with Gasteiger partial charge in [0.25, 0.3) is 0 Å². The first kappa shape index (κ1) is 14.0. The van der Waals surface area contributed by atoms with E-state index in [1.54, 1.807) is 0 Å². The van der Waals surface area contributed by atoms with E-state index in [4.69, 9.17) is 0 Å². The Kier molecular flexibility index (Phi) is 4.32. The van der Waals surface area contributed by atoms with Crippen molar-refractivity contribution in [1.29, 1.82) is 0 Å². The molecule has 0 saturated carbocycles. The summed E-state index contributed by atoms with van der Waals surface area (Å²) in [6.45, 7) is 5.49. The Balaban J connectivity index is 1.60. The maximum Gasteiger partial charge on any atom is 0.171 e.